The Morgan fingerprint density at radius 1 is 1.18 bits per heavy atom. The Labute approximate surface area is 109 Å². The third kappa shape index (κ3) is 6.41. The molecule has 1 rings (SSSR count). The van der Waals surface area contributed by atoms with Gasteiger partial charge in [0.15, 0.2) is 0 Å². The van der Waals surface area contributed by atoms with Gasteiger partial charge in [-0.05, 0) is 17.7 Å². The summed E-state index contributed by atoms with van der Waals surface area (Å²) in [6.45, 7) is 6.82. The summed E-state index contributed by atoms with van der Waals surface area (Å²) in [6, 6.07) is 8.34. The standard InChI is InChI=1S/C15H20OS/c1-15(2,3)17-12-14-9-7-13(8-10-14)6-4-5-11-16/h7-10,16H,5,11-12H2,1-3H3. The van der Waals surface area contributed by atoms with Crippen LogP contribution < -0.4 is 0 Å². The molecule has 1 aromatic carbocycles. The van der Waals surface area contributed by atoms with Crippen molar-refractivity contribution in [1.29, 1.82) is 0 Å². The van der Waals surface area contributed by atoms with E-state index in [0.717, 1.165) is 11.3 Å². The molecule has 0 aliphatic carbocycles. The summed E-state index contributed by atoms with van der Waals surface area (Å²) in [6.07, 6.45) is 0.543. The van der Waals surface area contributed by atoms with Gasteiger partial charge in [0.05, 0.1) is 6.61 Å². The predicted octanol–water partition coefficient (Wildman–Crippen LogP) is 3.45. The van der Waals surface area contributed by atoms with Gasteiger partial charge in [-0.2, -0.15) is 11.8 Å². The predicted molar refractivity (Wildman–Crippen MR) is 76.1 cm³/mol. The van der Waals surface area contributed by atoms with E-state index in [-0.39, 0.29) is 6.61 Å². The van der Waals surface area contributed by atoms with Crippen LogP contribution in [0.1, 0.15) is 38.3 Å². The lowest BCUT2D eigenvalue weighted by Gasteiger charge is -2.17. The molecule has 0 radical (unpaired) electrons. The zero-order valence-corrected chi connectivity index (χ0v) is 11.6. The number of aliphatic hydroxyl groups is 1. The average Bonchev–Trinajstić information content (AvgIpc) is 2.27. The Morgan fingerprint density at radius 2 is 1.82 bits per heavy atom. The Morgan fingerprint density at radius 3 is 2.35 bits per heavy atom. The minimum absolute atomic E-state index is 0.132. The van der Waals surface area contributed by atoms with Crippen molar-refractivity contribution in [2.75, 3.05) is 6.61 Å². The number of benzene rings is 1. The van der Waals surface area contributed by atoms with E-state index in [1.165, 1.54) is 5.56 Å². The SMILES string of the molecule is CC(C)(C)SCc1ccc(C#CCCO)cc1. The molecule has 0 saturated heterocycles. The highest BCUT2D eigenvalue weighted by molar-refractivity contribution is 7.99. The van der Waals surface area contributed by atoms with E-state index >= 15 is 0 Å². The molecule has 2 heteroatoms. The Hall–Kier alpha value is -0.910. The third-order valence-electron chi connectivity index (χ3n) is 2.10. The molecule has 1 aromatic rings. The van der Waals surface area contributed by atoms with Crippen molar-refractivity contribution in [3.63, 3.8) is 0 Å². The molecule has 92 valence electrons. The van der Waals surface area contributed by atoms with Crippen LogP contribution in [0, 0.1) is 11.8 Å². The van der Waals surface area contributed by atoms with Crippen LogP contribution in [0.15, 0.2) is 24.3 Å². The van der Waals surface area contributed by atoms with Gasteiger partial charge < -0.3 is 5.11 Å². The van der Waals surface area contributed by atoms with E-state index in [9.17, 15) is 0 Å². The Kier molecular flexibility index (Phi) is 5.61. The maximum absolute atomic E-state index is 8.63. The first-order valence-electron chi connectivity index (χ1n) is 5.84. The highest BCUT2D eigenvalue weighted by Gasteiger charge is 2.09. The molecule has 0 saturated carbocycles. The average molecular weight is 248 g/mol. The highest BCUT2D eigenvalue weighted by atomic mass is 32.2. The second kappa shape index (κ2) is 6.74. The normalized spacial score (nSPS) is 10.8. The van der Waals surface area contributed by atoms with Crippen LogP contribution in [0.25, 0.3) is 0 Å². The highest BCUT2D eigenvalue weighted by Crippen LogP contribution is 2.27. The van der Waals surface area contributed by atoms with Crippen LogP contribution in [0.3, 0.4) is 0 Å². The molecule has 0 unspecified atom stereocenters. The van der Waals surface area contributed by atoms with Gasteiger partial charge >= 0.3 is 0 Å². The molecule has 0 heterocycles. The van der Waals surface area contributed by atoms with Crippen LogP contribution >= 0.6 is 11.8 Å². The summed E-state index contributed by atoms with van der Waals surface area (Å²) >= 11 is 1.94. The summed E-state index contributed by atoms with van der Waals surface area (Å²) in [5.41, 5.74) is 2.35. The van der Waals surface area contributed by atoms with Crippen LogP contribution in [0.4, 0.5) is 0 Å². The molecule has 0 aliphatic rings. The molecular formula is C15H20OS. The second-order valence-corrected chi connectivity index (χ2v) is 6.68. The van der Waals surface area contributed by atoms with Crippen molar-refractivity contribution in [3.05, 3.63) is 35.4 Å². The molecule has 1 N–H and O–H groups in total. The first-order chi connectivity index (χ1) is 8.01. The fraction of sp³-hybridized carbons (Fsp3) is 0.467. The summed E-state index contributed by atoms with van der Waals surface area (Å²) in [4.78, 5) is 0. The van der Waals surface area contributed by atoms with Gasteiger partial charge in [0.25, 0.3) is 0 Å². The first kappa shape index (κ1) is 14.2. The van der Waals surface area contributed by atoms with Gasteiger partial charge in [-0.15, -0.1) is 0 Å². The number of aliphatic hydroxyl groups excluding tert-OH is 1. The van der Waals surface area contributed by atoms with E-state index in [2.05, 4.69) is 44.7 Å². The van der Waals surface area contributed by atoms with Crippen LogP contribution in [0.5, 0.6) is 0 Å². The van der Waals surface area contributed by atoms with E-state index < -0.39 is 0 Å². The molecule has 17 heavy (non-hydrogen) atoms. The van der Waals surface area contributed by atoms with E-state index in [4.69, 9.17) is 5.11 Å². The molecule has 1 nitrogen and oxygen atoms in total. The van der Waals surface area contributed by atoms with Gasteiger partial charge in [0, 0.05) is 22.5 Å². The molecule has 0 amide bonds. The summed E-state index contributed by atoms with van der Waals surface area (Å²) in [5.74, 6) is 6.99. The van der Waals surface area contributed by atoms with Crippen molar-refractivity contribution in [2.45, 2.75) is 37.7 Å². The van der Waals surface area contributed by atoms with Crippen molar-refractivity contribution in [3.8, 4) is 11.8 Å². The molecule has 0 atom stereocenters. The van der Waals surface area contributed by atoms with Crippen LogP contribution in [-0.2, 0) is 5.75 Å². The molecule has 0 aliphatic heterocycles. The smallest absolute Gasteiger partial charge is 0.0540 e. The number of hydrogen-bond donors (Lipinski definition) is 1. The van der Waals surface area contributed by atoms with Gasteiger partial charge in [-0.1, -0.05) is 44.7 Å². The largest absolute Gasteiger partial charge is 0.395 e. The minimum atomic E-state index is 0.132. The second-order valence-electron chi connectivity index (χ2n) is 4.87. The Bertz CT molecular complexity index is 390. The number of rotatable bonds is 3. The molecule has 0 spiro atoms. The lowest BCUT2D eigenvalue weighted by Crippen LogP contribution is -2.07. The van der Waals surface area contributed by atoms with Gasteiger partial charge in [-0.25, -0.2) is 0 Å². The Balaban J connectivity index is 2.54. The maximum atomic E-state index is 8.63. The lowest BCUT2D eigenvalue weighted by atomic mass is 10.1. The molecule has 0 bridgehead atoms. The quantitative estimate of drug-likeness (QED) is 0.827. The third-order valence-corrected chi connectivity index (χ3v) is 3.44. The molecule has 0 fully saturated rings. The van der Waals surface area contributed by atoms with Gasteiger partial charge in [0.2, 0.25) is 0 Å². The van der Waals surface area contributed by atoms with Gasteiger partial charge in [0.1, 0.15) is 0 Å². The van der Waals surface area contributed by atoms with E-state index in [0.29, 0.717) is 11.2 Å². The summed E-state index contributed by atoms with van der Waals surface area (Å²) in [7, 11) is 0. The summed E-state index contributed by atoms with van der Waals surface area (Å²) in [5, 5.41) is 8.63. The fourth-order valence-corrected chi connectivity index (χ4v) is 2.00. The summed E-state index contributed by atoms with van der Waals surface area (Å²) < 4.78 is 0.305. The van der Waals surface area contributed by atoms with Crippen molar-refractivity contribution < 1.29 is 5.11 Å². The lowest BCUT2D eigenvalue weighted by molar-refractivity contribution is 0.305. The topological polar surface area (TPSA) is 20.2 Å². The van der Waals surface area contributed by atoms with Crippen molar-refractivity contribution in [2.24, 2.45) is 0 Å². The maximum Gasteiger partial charge on any atom is 0.0540 e. The minimum Gasteiger partial charge on any atom is -0.395 e. The monoisotopic (exact) mass is 248 g/mol. The molecule has 0 aromatic heterocycles. The zero-order valence-electron chi connectivity index (χ0n) is 10.8. The van der Waals surface area contributed by atoms with Crippen molar-refractivity contribution in [1.82, 2.24) is 0 Å². The first-order valence-corrected chi connectivity index (χ1v) is 6.82. The number of hydrogen-bond acceptors (Lipinski definition) is 2. The van der Waals surface area contributed by atoms with E-state index in [1.807, 2.05) is 23.9 Å². The van der Waals surface area contributed by atoms with Crippen LogP contribution in [0.2, 0.25) is 0 Å². The number of thioether (sulfide) groups is 1. The van der Waals surface area contributed by atoms with Gasteiger partial charge in [-0.3, -0.25) is 0 Å². The van der Waals surface area contributed by atoms with Crippen LogP contribution in [-0.4, -0.2) is 16.5 Å². The molecular weight excluding hydrogens is 228 g/mol. The van der Waals surface area contributed by atoms with Crippen molar-refractivity contribution >= 4 is 11.8 Å². The van der Waals surface area contributed by atoms with E-state index in [1.54, 1.807) is 0 Å². The fourth-order valence-electron chi connectivity index (χ4n) is 1.20. The zero-order chi connectivity index (χ0) is 12.7.